The highest BCUT2D eigenvalue weighted by molar-refractivity contribution is 7.89. The molecule has 0 amide bonds. The normalized spacial score (nSPS) is 10.8. The van der Waals surface area contributed by atoms with Gasteiger partial charge in [0.25, 0.3) is 0 Å². The molecule has 2 aromatic rings. The summed E-state index contributed by atoms with van der Waals surface area (Å²) in [6.07, 6.45) is 0. The summed E-state index contributed by atoms with van der Waals surface area (Å²) in [5.41, 5.74) is 1.87. The number of aryl methyl sites for hydroxylation is 1. The summed E-state index contributed by atoms with van der Waals surface area (Å²) in [5.74, 6) is 12.1. The van der Waals surface area contributed by atoms with E-state index in [-0.39, 0.29) is 23.9 Å². The van der Waals surface area contributed by atoms with Gasteiger partial charge in [0.1, 0.15) is 0 Å². The van der Waals surface area contributed by atoms with Crippen LogP contribution in [0.25, 0.3) is 0 Å². The van der Waals surface area contributed by atoms with Crippen molar-refractivity contribution in [2.75, 3.05) is 13.1 Å². The Labute approximate surface area is 157 Å². The van der Waals surface area contributed by atoms with Gasteiger partial charge in [0.15, 0.2) is 0 Å². The van der Waals surface area contributed by atoms with Gasteiger partial charge in [-0.05, 0) is 31.2 Å². The van der Waals surface area contributed by atoms with Gasteiger partial charge in [-0.15, -0.1) is 0 Å². The van der Waals surface area contributed by atoms with Gasteiger partial charge < -0.3 is 0 Å². The quantitative estimate of drug-likeness (QED) is 0.775. The van der Waals surface area contributed by atoms with E-state index < -0.39 is 10.0 Å². The highest BCUT2D eigenvalue weighted by atomic mass is 32.2. The number of hydrogen-bond donors (Lipinski definition) is 0. The lowest BCUT2D eigenvalue weighted by Crippen LogP contribution is -2.32. The summed E-state index contributed by atoms with van der Waals surface area (Å²) >= 11 is 0. The van der Waals surface area contributed by atoms with Gasteiger partial charge >= 0.3 is 0 Å². The first kappa shape index (κ1) is 19.8. The molecule has 134 valence electrons. The molecule has 0 aliphatic rings. The molecule has 4 heteroatoms. The average molecular weight is 365 g/mol. The second-order valence-corrected chi connectivity index (χ2v) is 8.17. The molecule has 0 bridgehead atoms. The highest BCUT2D eigenvalue weighted by Crippen LogP contribution is 2.16. The van der Waals surface area contributed by atoms with E-state index in [2.05, 4.69) is 23.7 Å². The van der Waals surface area contributed by atoms with Gasteiger partial charge in [-0.1, -0.05) is 73.4 Å². The van der Waals surface area contributed by atoms with Crippen molar-refractivity contribution in [1.29, 1.82) is 0 Å². The van der Waals surface area contributed by atoms with Crippen LogP contribution in [0.5, 0.6) is 0 Å². The lowest BCUT2D eigenvalue weighted by atomic mass is 10.2. The monoisotopic (exact) mass is 365 g/mol. The smallest absolute Gasteiger partial charge is 0.207 e. The summed E-state index contributed by atoms with van der Waals surface area (Å²) in [5, 5.41) is 0. The van der Waals surface area contributed by atoms with Crippen LogP contribution in [0.2, 0.25) is 0 Å². The average Bonchev–Trinajstić information content (AvgIpc) is 2.61. The van der Waals surface area contributed by atoms with Gasteiger partial charge in [0, 0.05) is 11.5 Å². The van der Waals surface area contributed by atoms with Crippen LogP contribution in [-0.4, -0.2) is 25.8 Å². The van der Waals surface area contributed by atoms with Crippen LogP contribution in [0.3, 0.4) is 0 Å². The van der Waals surface area contributed by atoms with Crippen LogP contribution in [0.15, 0.2) is 59.5 Å². The molecular formula is C22H23NO2S. The minimum atomic E-state index is -3.64. The Kier molecular flexibility index (Phi) is 7.04. The van der Waals surface area contributed by atoms with Crippen LogP contribution in [0, 0.1) is 36.5 Å². The van der Waals surface area contributed by atoms with Crippen LogP contribution >= 0.6 is 0 Å². The topological polar surface area (TPSA) is 37.4 Å². The molecule has 0 aliphatic heterocycles. The number of hydrogen-bond acceptors (Lipinski definition) is 2. The second kappa shape index (κ2) is 9.25. The van der Waals surface area contributed by atoms with E-state index in [9.17, 15) is 8.42 Å². The SMILES string of the molecule is Cc1ccc(S(=O)(=O)N(CC#Cc2ccccc2)CC#CC(C)C)cc1. The van der Waals surface area contributed by atoms with Crippen molar-refractivity contribution in [1.82, 2.24) is 4.31 Å². The lowest BCUT2D eigenvalue weighted by molar-refractivity contribution is 0.482. The lowest BCUT2D eigenvalue weighted by Gasteiger charge is -2.17. The minimum Gasteiger partial charge on any atom is -0.207 e. The summed E-state index contributed by atoms with van der Waals surface area (Å²) in [4.78, 5) is 0.260. The molecule has 0 N–H and O–H groups in total. The third kappa shape index (κ3) is 5.77. The summed E-state index contributed by atoms with van der Waals surface area (Å²) in [6, 6.07) is 16.3. The molecule has 0 aliphatic carbocycles. The van der Waals surface area contributed by atoms with Crippen molar-refractivity contribution >= 4 is 10.0 Å². The molecule has 0 atom stereocenters. The van der Waals surface area contributed by atoms with Crippen LogP contribution < -0.4 is 0 Å². The fourth-order valence-electron chi connectivity index (χ4n) is 2.17. The Morgan fingerprint density at radius 3 is 2.15 bits per heavy atom. The summed E-state index contributed by atoms with van der Waals surface area (Å²) in [7, 11) is -3.64. The third-order valence-electron chi connectivity index (χ3n) is 3.57. The Morgan fingerprint density at radius 2 is 1.54 bits per heavy atom. The molecule has 2 aromatic carbocycles. The molecular weight excluding hydrogens is 342 g/mol. The molecule has 26 heavy (non-hydrogen) atoms. The van der Waals surface area contributed by atoms with Gasteiger partial charge in [-0.25, -0.2) is 8.42 Å². The fraction of sp³-hybridized carbons (Fsp3) is 0.273. The van der Waals surface area contributed by atoms with Gasteiger partial charge in [-0.3, -0.25) is 0 Å². The Hall–Kier alpha value is -2.53. The summed E-state index contributed by atoms with van der Waals surface area (Å²) < 4.78 is 27.2. The predicted molar refractivity (Wildman–Crippen MR) is 106 cm³/mol. The Bertz CT molecular complexity index is 938. The maximum absolute atomic E-state index is 13.0. The van der Waals surface area contributed by atoms with Gasteiger partial charge in [0.2, 0.25) is 10.0 Å². The number of nitrogens with zero attached hydrogens (tertiary/aromatic N) is 1. The van der Waals surface area contributed by atoms with Crippen molar-refractivity contribution < 1.29 is 8.42 Å². The Balaban J connectivity index is 2.27. The van der Waals surface area contributed by atoms with Crippen molar-refractivity contribution in [3.05, 3.63) is 65.7 Å². The molecule has 2 rings (SSSR count). The molecule has 0 radical (unpaired) electrons. The first-order valence-electron chi connectivity index (χ1n) is 8.49. The van der Waals surface area contributed by atoms with E-state index in [4.69, 9.17) is 0 Å². The highest BCUT2D eigenvalue weighted by Gasteiger charge is 2.22. The van der Waals surface area contributed by atoms with Crippen molar-refractivity contribution in [3.8, 4) is 23.7 Å². The third-order valence-corrected chi connectivity index (χ3v) is 5.37. The standard InChI is InChI=1S/C22H23NO2S/c1-19(2)9-7-17-23(18-8-12-21-10-5-4-6-11-21)26(24,25)22-15-13-20(3)14-16-22/h4-6,10-11,13-16,19H,17-18H2,1-3H3. The Morgan fingerprint density at radius 1 is 0.923 bits per heavy atom. The molecule has 0 saturated heterocycles. The zero-order valence-corrected chi connectivity index (χ0v) is 16.2. The van der Waals surface area contributed by atoms with E-state index in [1.807, 2.05) is 51.1 Å². The van der Waals surface area contributed by atoms with Crippen LogP contribution in [0.1, 0.15) is 25.0 Å². The van der Waals surface area contributed by atoms with Crippen molar-refractivity contribution in [2.24, 2.45) is 5.92 Å². The fourth-order valence-corrected chi connectivity index (χ4v) is 3.42. The summed E-state index contributed by atoms with van der Waals surface area (Å²) in [6.45, 7) is 6.09. The second-order valence-electron chi connectivity index (χ2n) is 6.23. The van der Waals surface area contributed by atoms with Crippen molar-refractivity contribution in [2.45, 2.75) is 25.7 Å². The first-order chi connectivity index (χ1) is 12.4. The molecule has 0 saturated carbocycles. The minimum absolute atomic E-state index is 0.0951. The van der Waals surface area contributed by atoms with Crippen LogP contribution in [-0.2, 0) is 10.0 Å². The predicted octanol–water partition coefficient (Wildman–Crippen LogP) is 3.70. The largest absolute Gasteiger partial charge is 0.244 e. The maximum Gasteiger partial charge on any atom is 0.244 e. The molecule has 0 unspecified atom stereocenters. The van der Waals surface area contributed by atoms with Gasteiger partial charge in [0.05, 0.1) is 18.0 Å². The number of benzene rings is 2. The molecule has 3 nitrogen and oxygen atoms in total. The molecule has 0 aromatic heterocycles. The number of rotatable bonds is 4. The van der Waals surface area contributed by atoms with E-state index in [1.165, 1.54) is 4.31 Å². The van der Waals surface area contributed by atoms with Crippen molar-refractivity contribution in [3.63, 3.8) is 0 Å². The first-order valence-corrected chi connectivity index (χ1v) is 9.93. The zero-order chi connectivity index (χ0) is 19.0. The van der Waals surface area contributed by atoms with E-state index >= 15 is 0 Å². The number of sulfonamides is 1. The maximum atomic E-state index is 13.0. The van der Waals surface area contributed by atoms with E-state index in [0.29, 0.717) is 0 Å². The zero-order valence-electron chi connectivity index (χ0n) is 15.4. The molecule has 0 heterocycles. The van der Waals surface area contributed by atoms with Gasteiger partial charge in [-0.2, -0.15) is 4.31 Å². The molecule has 0 fully saturated rings. The van der Waals surface area contributed by atoms with E-state index in [1.54, 1.807) is 24.3 Å². The van der Waals surface area contributed by atoms with E-state index in [0.717, 1.165) is 11.1 Å². The molecule has 0 spiro atoms. The van der Waals surface area contributed by atoms with Crippen LogP contribution in [0.4, 0.5) is 0 Å².